The molecular weight excluding hydrogens is 537 g/mol. The molecule has 196 valence electrons. The van der Waals surface area contributed by atoms with Gasteiger partial charge in [-0.25, -0.2) is 18.4 Å². The summed E-state index contributed by atoms with van der Waals surface area (Å²) in [6.07, 6.45) is 1.52. The third kappa shape index (κ3) is 6.56. The average Bonchev–Trinajstić information content (AvgIpc) is 3.33. The first kappa shape index (κ1) is 29.6. The van der Waals surface area contributed by atoms with Gasteiger partial charge in [-0.2, -0.15) is 0 Å². The van der Waals surface area contributed by atoms with E-state index in [0.29, 0.717) is 35.0 Å². The summed E-state index contributed by atoms with van der Waals surface area (Å²) in [5.74, 6) is 0.446. The van der Waals surface area contributed by atoms with Gasteiger partial charge in [-0.3, -0.25) is 5.41 Å². The first-order valence-electron chi connectivity index (χ1n) is 10.8. The maximum absolute atomic E-state index is 12.4. The summed E-state index contributed by atoms with van der Waals surface area (Å²) in [4.78, 5) is 9.08. The first-order chi connectivity index (χ1) is 16.6. The molecule has 0 atom stereocenters. The lowest BCUT2D eigenvalue weighted by molar-refractivity contribution is 0.434. The summed E-state index contributed by atoms with van der Waals surface area (Å²) < 4.78 is 30.3. The molecule has 0 radical (unpaired) electrons. The van der Waals surface area contributed by atoms with Gasteiger partial charge in [0.1, 0.15) is 5.69 Å². The van der Waals surface area contributed by atoms with Crippen LogP contribution in [0.25, 0.3) is 34.0 Å². The number of hydrogen-bond acceptors (Lipinski definition) is 8. The van der Waals surface area contributed by atoms with Gasteiger partial charge in [0.15, 0.2) is 33.1 Å². The minimum atomic E-state index is -3.37. The molecule has 10 nitrogen and oxygen atoms in total. The van der Waals surface area contributed by atoms with E-state index in [4.69, 9.17) is 21.4 Å². The molecule has 0 saturated carbocycles. The number of nitrogens with zero attached hydrogens (tertiary/aromatic N) is 3. The van der Waals surface area contributed by atoms with E-state index in [0.717, 1.165) is 11.1 Å². The van der Waals surface area contributed by atoms with E-state index < -0.39 is 15.1 Å². The molecule has 0 saturated heterocycles. The van der Waals surface area contributed by atoms with E-state index in [1.165, 1.54) is 6.20 Å². The molecule has 0 amide bonds. The molecule has 0 aliphatic rings. The van der Waals surface area contributed by atoms with E-state index >= 15 is 0 Å². The van der Waals surface area contributed by atoms with Crippen molar-refractivity contribution in [2.75, 3.05) is 5.73 Å². The number of hydrogen-bond donors (Lipinski definition) is 4. The van der Waals surface area contributed by atoms with E-state index in [2.05, 4.69) is 20.4 Å². The fourth-order valence-corrected chi connectivity index (χ4v) is 4.38. The van der Waals surface area contributed by atoms with Gasteiger partial charge in [0.2, 0.25) is 0 Å². The summed E-state index contributed by atoms with van der Waals surface area (Å²) in [5.41, 5.74) is 15.3. The predicted molar refractivity (Wildman–Crippen MR) is 148 cm³/mol. The smallest absolute Gasteiger partial charge is 0.189 e. The normalized spacial score (nSPS) is 10.9. The second kappa shape index (κ2) is 12.0. The Morgan fingerprint density at radius 3 is 2.22 bits per heavy atom. The highest BCUT2D eigenvalue weighted by molar-refractivity contribution is 7.92. The van der Waals surface area contributed by atoms with Crippen molar-refractivity contribution in [3.63, 3.8) is 0 Å². The van der Waals surface area contributed by atoms with Crippen LogP contribution in [-0.4, -0.2) is 34.8 Å². The van der Waals surface area contributed by atoms with E-state index in [9.17, 15) is 8.42 Å². The van der Waals surface area contributed by atoms with Gasteiger partial charge in [-0.1, -0.05) is 41.6 Å². The highest BCUT2D eigenvalue weighted by Gasteiger charge is 2.20. The lowest BCUT2D eigenvalue weighted by atomic mass is 10.1. The van der Waals surface area contributed by atoms with Crippen molar-refractivity contribution in [2.45, 2.75) is 30.5 Å². The van der Waals surface area contributed by atoms with Gasteiger partial charge in [-0.05, 0) is 31.5 Å². The second-order valence-corrected chi connectivity index (χ2v) is 10.7. The monoisotopic (exact) mass is 563 g/mol. The number of nitrogens with two attached hydrogens (primary N) is 2. The standard InChI is InChI=1S/C24H25N7O3S.2ClH/c1-14(2)35(32,33)18-9-7-17(8-10-18)20-13-28-23(25)22(30-20)21-11-19(31-34-21)16-5-3-15(4-6-16)12-29-24(26)27;;/h3-11,13-14H,12H2,1-2H3,(H2,25,28)(H4,26,27,29);2*1H. The zero-order valence-corrected chi connectivity index (χ0v) is 22.5. The van der Waals surface area contributed by atoms with Gasteiger partial charge >= 0.3 is 0 Å². The van der Waals surface area contributed by atoms with Crippen molar-refractivity contribution >= 4 is 46.4 Å². The lowest BCUT2D eigenvalue weighted by Crippen LogP contribution is -2.29. The molecule has 37 heavy (non-hydrogen) atoms. The van der Waals surface area contributed by atoms with Crippen LogP contribution >= 0.6 is 24.8 Å². The highest BCUT2D eigenvalue weighted by atomic mass is 35.5. The van der Waals surface area contributed by atoms with Crippen LogP contribution in [0.4, 0.5) is 5.82 Å². The Kier molecular flexibility index (Phi) is 9.62. The highest BCUT2D eigenvalue weighted by Crippen LogP contribution is 2.30. The lowest BCUT2D eigenvalue weighted by Gasteiger charge is -2.09. The minimum Gasteiger partial charge on any atom is -0.382 e. The fraction of sp³-hybridized carbons (Fsp3) is 0.167. The molecule has 0 aliphatic heterocycles. The molecule has 0 aliphatic carbocycles. The third-order valence-electron chi connectivity index (χ3n) is 5.38. The van der Waals surface area contributed by atoms with E-state index in [1.807, 2.05) is 24.3 Å². The number of anilines is 1. The Bertz CT molecular complexity index is 1470. The summed E-state index contributed by atoms with van der Waals surface area (Å²) in [6, 6.07) is 15.8. The number of halogens is 2. The van der Waals surface area contributed by atoms with Crippen LogP contribution in [0.1, 0.15) is 19.4 Å². The summed E-state index contributed by atoms with van der Waals surface area (Å²) >= 11 is 0. The molecule has 0 bridgehead atoms. The van der Waals surface area contributed by atoms with Crippen molar-refractivity contribution in [2.24, 2.45) is 5.73 Å². The van der Waals surface area contributed by atoms with Crippen molar-refractivity contribution in [3.8, 4) is 34.0 Å². The second-order valence-electron chi connectivity index (χ2n) is 8.15. The number of benzene rings is 2. The molecule has 0 spiro atoms. The van der Waals surface area contributed by atoms with Crippen LogP contribution in [0.2, 0.25) is 0 Å². The quantitative estimate of drug-likeness (QED) is 0.191. The van der Waals surface area contributed by atoms with Crippen molar-refractivity contribution in [1.82, 2.24) is 20.4 Å². The largest absolute Gasteiger partial charge is 0.382 e. The predicted octanol–water partition coefficient (Wildman–Crippen LogP) is 4.06. The van der Waals surface area contributed by atoms with Crippen LogP contribution in [0.5, 0.6) is 0 Å². The molecular formula is C24H27Cl2N7O3S. The number of rotatable bonds is 7. The van der Waals surface area contributed by atoms with Gasteiger partial charge < -0.3 is 21.3 Å². The van der Waals surface area contributed by atoms with E-state index in [-0.39, 0.29) is 41.5 Å². The molecule has 2 aromatic carbocycles. The van der Waals surface area contributed by atoms with Gasteiger partial charge in [0, 0.05) is 23.7 Å². The van der Waals surface area contributed by atoms with Crippen LogP contribution in [-0.2, 0) is 16.4 Å². The fourth-order valence-electron chi connectivity index (χ4n) is 3.32. The van der Waals surface area contributed by atoms with Crippen molar-refractivity contribution in [1.29, 1.82) is 5.41 Å². The minimum absolute atomic E-state index is 0. The van der Waals surface area contributed by atoms with Crippen LogP contribution in [0.15, 0.2) is 70.2 Å². The van der Waals surface area contributed by atoms with Gasteiger partial charge in [-0.15, -0.1) is 24.8 Å². The molecule has 4 rings (SSSR count). The molecule has 4 aromatic rings. The van der Waals surface area contributed by atoms with Gasteiger partial charge in [0.25, 0.3) is 0 Å². The number of nitrogens with one attached hydrogen (secondary N) is 2. The Hall–Kier alpha value is -3.67. The molecule has 0 fully saturated rings. The maximum Gasteiger partial charge on any atom is 0.189 e. The van der Waals surface area contributed by atoms with Crippen LogP contribution < -0.4 is 16.8 Å². The summed E-state index contributed by atoms with van der Waals surface area (Å²) in [5, 5.41) is 13.6. The Morgan fingerprint density at radius 1 is 1.03 bits per heavy atom. The van der Waals surface area contributed by atoms with Crippen LogP contribution in [0, 0.1) is 5.41 Å². The van der Waals surface area contributed by atoms with Crippen molar-refractivity contribution < 1.29 is 12.9 Å². The SMILES string of the molecule is CC(C)S(=O)(=O)c1ccc(-c2cnc(N)c(-c3cc(-c4ccc(CNC(=N)N)cc4)no3)n2)cc1.Cl.Cl. The third-order valence-corrected chi connectivity index (χ3v) is 7.55. The average molecular weight is 564 g/mol. The summed E-state index contributed by atoms with van der Waals surface area (Å²) in [6.45, 7) is 3.74. The molecule has 2 aromatic heterocycles. The number of guanidine groups is 1. The van der Waals surface area contributed by atoms with E-state index in [1.54, 1.807) is 44.2 Å². The number of aromatic nitrogens is 3. The topological polar surface area (TPSA) is 174 Å². The Balaban J connectivity index is 0.00000241. The molecule has 2 heterocycles. The zero-order valence-electron chi connectivity index (χ0n) is 20.0. The molecule has 13 heteroatoms. The van der Waals surface area contributed by atoms with Crippen LogP contribution in [0.3, 0.4) is 0 Å². The molecule has 0 unspecified atom stereocenters. The number of nitrogen functional groups attached to an aromatic ring is 1. The first-order valence-corrected chi connectivity index (χ1v) is 12.3. The Labute approximate surface area is 227 Å². The molecule has 6 N–H and O–H groups in total. The van der Waals surface area contributed by atoms with Crippen molar-refractivity contribution in [3.05, 3.63) is 66.4 Å². The Morgan fingerprint density at radius 2 is 1.62 bits per heavy atom. The number of sulfone groups is 1. The maximum atomic E-state index is 12.4. The zero-order chi connectivity index (χ0) is 25.2. The van der Waals surface area contributed by atoms with Gasteiger partial charge in [0.05, 0.1) is 22.0 Å². The summed E-state index contributed by atoms with van der Waals surface area (Å²) in [7, 11) is -3.37.